The molecule has 5 heteroatoms. The Morgan fingerprint density at radius 2 is 1.93 bits per heavy atom. The molecule has 0 bridgehead atoms. The van der Waals surface area contributed by atoms with Gasteiger partial charge in [0.15, 0.2) is 0 Å². The molecule has 1 aliphatic carbocycles. The Labute approximate surface area is 91.2 Å². The highest BCUT2D eigenvalue weighted by molar-refractivity contribution is 5.78. The zero-order chi connectivity index (χ0) is 11.3. The number of guanidine groups is 1. The van der Waals surface area contributed by atoms with Gasteiger partial charge >= 0.3 is 0 Å². The summed E-state index contributed by atoms with van der Waals surface area (Å²) in [6, 6.07) is 0.670. The molecule has 5 nitrogen and oxygen atoms in total. The van der Waals surface area contributed by atoms with Crippen molar-refractivity contribution in [3.05, 3.63) is 0 Å². The molecule has 0 aromatic carbocycles. The lowest BCUT2D eigenvalue weighted by atomic mass is 9.92. The second-order valence-corrected chi connectivity index (χ2v) is 3.95. The monoisotopic (exact) mass is 211 g/mol. The summed E-state index contributed by atoms with van der Waals surface area (Å²) in [5.41, 5.74) is 11.6. The molecule has 0 amide bonds. The Balaban J connectivity index is 2.47. The van der Waals surface area contributed by atoms with Gasteiger partial charge in [-0.2, -0.15) is 5.10 Å². The van der Waals surface area contributed by atoms with Gasteiger partial charge in [0, 0.05) is 19.3 Å². The van der Waals surface area contributed by atoms with Crippen LogP contribution in [0.3, 0.4) is 0 Å². The van der Waals surface area contributed by atoms with Crippen LogP contribution in [0.5, 0.6) is 0 Å². The number of hydrazone groups is 1. The second-order valence-electron chi connectivity index (χ2n) is 3.95. The molecule has 0 heterocycles. The van der Waals surface area contributed by atoms with Crippen molar-refractivity contribution in [2.45, 2.75) is 44.7 Å². The third-order valence-corrected chi connectivity index (χ3v) is 2.68. The average molecular weight is 211 g/mol. The fourth-order valence-electron chi connectivity index (χ4n) is 1.73. The number of rotatable bonds is 2. The van der Waals surface area contributed by atoms with Crippen LogP contribution in [0.1, 0.15) is 32.6 Å². The topological polar surface area (TPSA) is 80.0 Å². The minimum atomic E-state index is 0.319. The van der Waals surface area contributed by atoms with Gasteiger partial charge in [-0.3, -0.25) is 0 Å². The molecule has 86 valence electrons. The molecular weight excluding hydrogens is 190 g/mol. The lowest BCUT2D eigenvalue weighted by Gasteiger charge is -2.24. The summed E-state index contributed by atoms with van der Waals surface area (Å²) in [5, 5.41) is 5.62. The molecule has 0 saturated heterocycles. The standard InChI is InChI=1S/C10H21N5/c1-3-13-15(2)10(12)14-9-6-4-8(11)5-7-9/h3,8-9H,4-7,11H2,1-2H3,(H2,12,14). The Hall–Kier alpha value is -1.10. The minimum Gasteiger partial charge on any atom is -0.368 e. The van der Waals surface area contributed by atoms with Gasteiger partial charge in [0.25, 0.3) is 0 Å². The van der Waals surface area contributed by atoms with E-state index < -0.39 is 0 Å². The predicted octanol–water partition coefficient (Wildman–Crippen LogP) is 0.509. The highest BCUT2D eigenvalue weighted by Crippen LogP contribution is 2.19. The molecule has 0 radical (unpaired) electrons. The molecule has 0 spiro atoms. The Morgan fingerprint density at radius 1 is 1.33 bits per heavy atom. The number of nitrogens with zero attached hydrogens (tertiary/aromatic N) is 3. The molecular formula is C10H21N5. The van der Waals surface area contributed by atoms with Crippen molar-refractivity contribution in [3.8, 4) is 0 Å². The van der Waals surface area contributed by atoms with E-state index in [-0.39, 0.29) is 0 Å². The van der Waals surface area contributed by atoms with E-state index >= 15 is 0 Å². The van der Waals surface area contributed by atoms with Crippen molar-refractivity contribution >= 4 is 12.2 Å². The van der Waals surface area contributed by atoms with E-state index in [0.29, 0.717) is 18.0 Å². The molecule has 1 saturated carbocycles. The maximum absolute atomic E-state index is 5.82. The fraction of sp³-hybridized carbons (Fsp3) is 0.800. The van der Waals surface area contributed by atoms with Crippen molar-refractivity contribution in [2.75, 3.05) is 7.05 Å². The highest BCUT2D eigenvalue weighted by Gasteiger charge is 2.18. The van der Waals surface area contributed by atoms with Crippen LogP contribution < -0.4 is 11.5 Å². The Morgan fingerprint density at radius 3 is 2.47 bits per heavy atom. The van der Waals surface area contributed by atoms with Gasteiger partial charge in [-0.05, 0) is 32.6 Å². The molecule has 1 rings (SSSR count). The molecule has 0 aromatic rings. The molecule has 1 aliphatic rings. The fourth-order valence-corrected chi connectivity index (χ4v) is 1.73. The summed E-state index contributed by atoms with van der Waals surface area (Å²) in [5.74, 6) is 0.480. The molecule has 0 atom stereocenters. The third-order valence-electron chi connectivity index (χ3n) is 2.68. The number of nitrogens with two attached hydrogens (primary N) is 2. The maximum atomic E-state index is 5.82. The lowest BCUT2D eigenvalue weighted by Crippen LogP contribution is -2.34. The SMILES string of the molecule is CC=NN(C)C(N)=NC1CCC(N)CC1. The van der Waals surface area contributed by atoms with E-state index in [1.807, 2.05) is 6.92 Å². The maximum Gasteiger partial charge on any atom is 0.212 e. The predicted molar refractivity (Wildman–Crippen MR) is 63.8 cm³/mol. The zero-order valence-corrected chi connectivity index (χ0v) is 9.56. The van der Waals surface area contributed by atoms with Gasteiger partial charge < -0.3 is 11.5 Å². The Bertz CT molecular complexity index is 240. The zero-order valence-electron chi connectivity index (χ0n) is 9.56. The van der Waals surface area contributed by atoms with E-state index in [4.69, 9.17) is 11.5 Å². The third kappa shape index (κ3) is 3.87. The summed E-state index contributed by atoms with van der Waals surface area (Å²) in [7, 11) is 1.80. The van der Waals surface area contributed by atoms with E-state index in [1.54, 1.807) is 18.3 Å². The van der Waals surface area contributed by atoms with Gasteiger partial charge in [-0.15, -0.1) is 0 Å². The van der Waals surface area contributed by atoms with Gasteiger partial charge in [-0.1, -0.05) is 0 Å². The van der Waals surface area contributed by atoms with Crippen LogP contribution in [-0.2, 0) is 0 Å². The number of hydrogen-bond acceptors (Lipinski definition) is 3. The smallest absolute Gasteiger partial charge is 0.212 e. The van der Waals surface area contributed by atoms with Crippen LogP contribution in [-0.4, -0.2) is 36.3 Å². The lowest BCUT2D eigenvalue weighted by molar-refractivity contribution is 0.391. The van der Waals surface area contributed by atoms with Crippen LogP contribution in [0.4, 0.5) is 0 Å². The largest absolute Gasteiger partial charge is 0.368 e. The van der Waals surface area contributed by atoms with Crippen molar-refractivity contribution in [3.63, 3.8) is 0 Å². The van der Waals surface area contributed by atoms with Gasteiger partial charge in [-0.25, -0.2) is 10.0 Å². The molecule has 0 unspecified atom stereocenters. The Kier molecular flexibility index (Phi) is 4.55. The van der Waals surface area contributed by atoms with Crippen LogP contribution >= 0.6 is 0 Å². The number of aliphatic imine (C=N–C) groups is 1. The van der Waals surface area contributed by atoms with Crippen molar-refractivity contribution < 1.29 is 0 Å². The highest BCUT2D eigenvalue weighted by atomic mass is 15.5. The van der Waals surface area contributed by atoms with Crippen LogP contribution in [0.15, 0.2) is 10.1 Å². The van der Waals surface area contributed by atoms with Crippen molar-refractivity contribution in [1.82, 2.24) is 5.01 Å². The number of hydrogen-bond donors (Lipinski definition) is 2. The summed E-state index contributed by atoms with van der Waals surface area (Å²) in [4.78, 5) is 4.44. The second kappa shape index (κ2) is 5.70. The summed E-state index contributed by atoms with van der Waals surface area (Å²) < 4.78 is 0. The van der Waals surface area contributed by atoms with Gasteiger partial charge in [0.05, 0.1) is 6.04 Å². The summed E-state index contributed by atoms with van der Waals surface area (Å²) >= 11 is 0. The van der Waals surface area contributed by atoms with E-state index in [9.17, 15) is 0 Å². The van der Waals surface area contributed by atoms with Crippen LogP contribution in [0.2, 0.25) is 0 Å². The van der Waals surface area contributed by atoms with E-state index in [2.05, 4.69) is 10.1 Å². The summed E-state index contributed by atoms with van der Waals surface area (Å²) in [6.45, 7) is 1.85. The van der Waals surface area contributed by atoms with Crippen molar-refractivity contribution in [1.29, 1.82) is 0 Å². The van der Waals surface area contributed by atoms with Crippen LogP contribution in [0, 0.1) is 0 Å². The van der Waals surface area contributed by atoms with E-state index in [0.717, 1.165) is 25.7 Å². The van der Waals surface area contributed by atoms with Gasteiger partial charge in [0.2, 0.25) is 5.96 Å². The summed E-state index contributed by atoms with van der Waals surface area (Å²) in [6.07, 6.45) is 5.85. The molecule has 15 heavy (non-hydrogen) atoms. The van der Waals surface area contributed by atoms with E-state index in [1.165, 1.54) is 0 Å². The van der Waals surface area contributed by atoms with Crippen molar-refractivity contribution in [2.24, 2.45) is 21.6 Å². The first-order chi connectivity index (χ1) is 7.13. The first-order valence-electron chi connectivity index (χ1n) is 5.44. The quantitative estimate of drug-likeness (QED) is 0.397. The molecule has 0 aromatic heterocycles. The molecule has 1 fully saturated rings. The first kappa shape index (κ1) is 12.0. The van der Waals surface area contributed by atoms with Crippen LogP contribution in [0.25, 0.3) is 0 Å². The minimum absolute atomic E-state index is 0.319. The molecule has 0 aliphatic heterocycles. The normalized spacial score (nSPS) is 28.3. The average Bonchev–Trinajstić information content (AvgIpc) is 2.22. The first-order valence-corrected chi connectivity index (χ1v) is 5.44. The van der Waals surface area contributed by atoms with Gasteiger partial charge in [0.1, 0.15) is 0 Å². The molecule has 4 N–H and O–H groups in total.